The molecule has 0 fully saturated rings. The number of hydrogen-bond acceptors (Lipinski definition) is 2. The molecule has 0 saturated carbocycles. The van der Waals surface area contributed by atoms with Gasteiger partial charge in [-0.2, -0.15) is 13.2 Å². The molecule has 0 radical (unpaired) electrons. The molecule has 7 heteroatoms. The third-order valence-corrected chi connectivity index (χ3v) is 1.92. The molecule has 0 aliphatic carbocycles. The zero-order valence-electron chi connectivity index (χ0n) is 7.96. The second-order valence-electron chi connectivity index (χ2n) is 3.02. The van der Waals surface area contributed by atoms with Crippen molar-refractivity contribution in [3.05, 3.63) is 35.1 Å². The van der Waals surface area contributed by atoms with Crippen LogP contribution in [0.1, 0.15) is 17.2 Å². The van der Waals surface area contributed by atoms with Crippen molar-refractivity contribution in [2.45, 2.75) is 12.2 Å². The second kappa shape index (κ2) is 5.47. The summed E-state index contributed by atoms with van der Waals surface area (Å²) in [5.41, 5.74) is 3.93. The molecule has 0 spiro atoms. The minimum absolute atomic E-state index is 0. The predicted molar refractivity (Wildman–Crippen MR) is 52.7 cm³/mol. The van der Waals surface area contributed by atoms with E-state index in [1.165, 1.54) is 0 Å². The summed E-state index contributed by atoms with van der Waals surface area (Å²) in [4.78, 5) is 0. The fourth-order valence-electron chi connectivity index (χ4n) is 1.10. The summed E-state index contributed by atoms with van der Waals surface area (Å²) in [7, 11) is 0. The molecule has 0 aliphatic rings. The normalized spacial score (nSPS) is 13.1. The quantitative estimate of drug-likeness (QED) is 0.801. The Morgan fingerprint density at radius 3 is 2.31 bits per heavy atom. The molecule has 3 N–H and O–H groups in total. The summed E-state index contributed by atoms with van der Waals surface area (Å²) in [6, 6.07) is 0.777. The zero-order chi connectivity index (χ0) is 11.6. The SMILES string of the molecule is Cl.N[C@@H](CO)c1cc(C(F)(F)F)ccc1F. The summed E-state index contributed by atoms with van der Waals surface area (Å²) in [6.07, 6.45) is -4.54. The Bertz CT molecular complexity index is 356. The first-order chi connectivity index (χ1) is 6.86. The molecule has 0 bridgehead atoms. The second-order valence-corrected chi connectivity index (χ2v) is 3.02. The number of rotatable bonds is 2. The molecular formula is C9H10ClF4NO. The molecule has 2 nitrogen and oxygen atoms in total. The Kier molecular flexibility index (Phi) is 5.18. The summed E-state index contributed by atoms with van der Waals surface area (Å²) in [5.74, 6) is -0.857. The lowest BCUT2D eigenvalue weighted by Crippen LogP contribution is -2.17. The van der Waals surface area contributed by atoms with Crippen LogP contribution in [0, 0.1) is 5.82 Å². The van der Waals surface area contributed by atoms with Crippen LogP contribution in [0.25, 0.3) is 0 Å². The average Bonchev–Trinajstić information content (AvgIpc) is 2.15. The Balaban J connectivity index is 0.00000225. The van der Waals surface area contributed by atoms with Gasteiger partial charge in [-0.25, -0.2) is 4.39 Å². The fourth-order valence-corrected chi connectivity index (χ4v) is 1.10. The van der Waals surface area contributed by atoms with E-state index in [1.807, 2.05) is 0 Å². The lowest BCUT2D eigenvalue weighted by atomic mass is 10.0. The van der Waals surface area contributed by atoms with E-state index in [4.69, 9.17) is 10.8 Å². The first-order valence-electron chi connectivity index (χ1n) is 4.09. The van der Waals surface area contributed by atoms with Crippen molar-refractivity contribution in [2.24, 2.45) is 5.73 Å². The average molecular weight is 260 g/mol. The van der Waals surface area contributed by atoms with E-state index in [-0.39, 0.29) is 18.0 Å². The topological polar surface area (TPSA) is 46.2 Å². The van der Waals surface area contributed by atoms with Crippen molar-refractivity contribution in [1.82, 2.24) is 0 Å². The maximum absolute atomic E-state index is 13.0. The molecule has 1 aromatic rings. The van der Waals surface area contributed by atoms with Crippen LogP contribution in [0.15, 0.2) is 18.2 Å². The van der Waals surface area contributed by atoms with Crippen molar-refractivity contribution in [3.63, 3.8) is 0 Å². The Labute approximate surface area is 95.5 Å². The van der Waals surface area contributed by atoms with Crippen LogP contribution in [0.4, 0.5) is 17.6 Å². The molecule has 1 aromatic carbocycles. The third-order valence-electron chi connectivity index (χ3n) is 1.92. The number of aliphatic hydroxyl groups is 1. The monoisotopic (exact) mass is 259 g/mol. The molecule has 0 aliphatic heterocycles. The van der Waals surface area contributed by atoms with E-state index in [2.05, 4.69) is 0 Å². The highest BCUT2D eigenvalue weighted by molar-refractivity contribution is 5.85. The summed E-state index contributed by atoms with van der Waals surface area (Å²) < 4.78 is 49.8. The minimum Gasteiger partial charge on any atom is -0.394 e. The van der Waals surface area contributed by atoms with Crippen LogP contribution >= 0.6 is 12.4 Å². The van der Waals surface area contributed by atoms with Gasteiger partial charge in [-0.15, -0.1) is 12.4 Å². The summed E-state index contributed by atoms with van der Waals surface area (Å²) in [5, 5.41) is 8.63. The van der Waals surface area contributed by atoms with Crippen LogP contribution in [0.5, 0.6) is 0 Å². The van der Waals surface area contributed by atoms with Gasteiger partial charge >= 0.3 is 6.18 Å². The minimum atomic E-state index is -4.54. The van der Waals surface area contributed by atoms with E-state index >= 15 is 0 Å². The van der Waals surface area contributed by atoms with Crippen molar-refractivity contribution in [2.75, 3.05) is 6.61 Å². The van der Waals surface area contributed by atoms with Crippen LogP contribution < -0.4 is 5.73 Å². The van der Waals surface area contributed by atoms with Gasteiger partial charge in [-0.1, -0.05) is 0 Å². The van der Waals surface area contributed by atoms with Crippen LogP contribution in [-0.4, -0.2) is 11.7 Å². The fraction of sp³-hybridized carbons (Fsp3) is 0.333. The lowest BCUT2D eigenvalue weighted by Gasteiger charge is -2.13. The highest BCUT2D eigenvalue weighted by Crippen LogP contribution is 2.31. The number of nitrogens with two attached hydrogens (primary N) is 1. The van der Waals surface area contributed by atoms with Crippen molar-refractivity contribution < 1.29 is 22.7 Å². The van der Waals surface area contributed by atoms with Gasteiger partial charge in [0.05, 0.1) is 18.2 Å². The Morgan fingerprint density at radius 2 is 1.88 bits per heavy atom. The van der Waals surface area contributed by atoms with Crippen molar-refractivity contribution >= 4 is 12.4 Å². The molecule has 1 atom stereocenters. The molecule has 16 heavy (non-hydrogen) atoms. The standard InChI is InChI=1S/C9H9F4NO.ClH/c10-7-2-1-5(9(11,12)13)3-6(7)8(14)4-15;/h1-3,8,15H,4,14H2;1H/t8-;/m0./s1. The highest BCUT2D eigenvalue weighted by Gasteiger charge is 2.31. The first-order valence-corrected chi connectivity index (χ1v) is 4.09. The summed E-state index contributed by atoms with van der Waals surface area (Å²) in [6.45, 7) is -0.613. The maximum Gasteiger partial charge on any atom is 0.416 e. The molecule has 0 unspecified atom stereocenters. The predicted octanol–water partition coefficient (Wildman–Crippen LogP) is 2.26. The Hall–Kier alpha value is -0.850. The van der Waals surface area contributed by atoms with Gasteiger partial charge in [0.2, 0.25) is 0 Å². The molecular weight excluding hydrogens is 250 g/mol. The lowest BCUT2D eigenvalue weighted by molar-refractivity contribution is -0.137. The molecule has 1 rings (SSSR count). The highest BCUT2D eigenvalue weighted by atomic mass is 35.5. The number of alkyl halides is 3. The van der Waals surface area contributed by atoms with E-state index in [1.54, 1.807) is 0 Å². The van der Waals surface area contributed by atoms with Crippen LogP contribution in [0.3, 0.4) is 0 Å². The largest absolute Gasteiger partial charge is 0.416 e. The zero-order valence-corrected chi connectivity index (χ0v) is 8.78. The van der Waals surface area contributed by atoms with Crippen LogP contribution in [0.2, 0.25) is 0 Å². The summed E-state index contributed by atoms with van der Waals surface area (Å²) >= 11 is 0. The van der Waals surface area contributed by atoms with Crippen molar-refractivity contribution in [3.8, 4) is 0 Å². The molecule has 92 valence electrons. The smallest absolute Gasteiger partial charge is 0.394 e. The number of hydrogen-bond donors (Lipinski definition) is 2. The van der Waals surface area contributed by atoms with E-state index in [9.17, 15) is 17.6 Å². The van der Waals surface area contributed by atoms with Crippen LogP contribution in [-0.2, 0) is 6.18 Å². The molecule has 0 aromatic heterocycles. The molecule has 0 amide bonds. The van der Waals surface area contributed by atoms with E-state index in [0.717, 1.165) is 0 Å². The number of halogens is 5. The van der Waals surface area contributed by atoms with Gasteiger partial charge in [0.1, 0.15) is 5.82 Å². The molecule has 0 heterocycles. The van der Waals surface area contributed by atoms with Gasteiger partial charge in [-0.3, -0.25) is 0 Å². The van der Waals surface area contributed by atoms with E-state index in [0.29, 0.717) is 18.2 Å². The third kappa shape index (κ3) is 3.33. The van der Waals surface area contributed by atoms with Crippen molar-refractivity contribution in [1.29, 1.82) is 0 Å². The van der Waals surface area contributed by atoms with Gasteiger partial charge in [0, 0.05) is 5.56 Å². The van der Waals surface area contributed by atoms with Gasteiger partial charge in [0.25, 0.3) is 0 Å². The Morgan fingerprint density at radius 1 is 1.31 bits per heavy atom. The van der Waals surface area contributed by atoms with Gasteiger partial charge in [0.15, 0.2) is 0 Å². The number of benzene rings is 1. The molecule has 0 saturated heterocycles. The van der Waals surface area contributed by atoms with E-state index < -0.39 is 30.2 Å². The van der Waals surface area contributed by atoms with Gasteiger partial charge in [-0.05, 0) is 18.2 Å². The van der Waals surface area contributed by atoms with Gasteiger partial charge < -0.3 is 10.8 Å². The number of aliphatic hydroxyl groups excluding tert-OH is 1. The first kappa shape index (κ1) is 15.2. The maximum atomic E-state index is 13.0.